The minimum Gasteiger partial charge on any atom is -0.460 e. The molecule has 1 N–H and O–H groups in total. The highest BCUT2D eigenvalue weighted by Gasteiger charge is 2.57. The van der Waals surface area contributed by atoms with Gasteiger partial charge in [0.15, 0.2) is 6.61 Å². The molecule has 22 heavy (non-hydrogen) atoms. The predicted octanol–water partition coefficient (Wildman–Crippen LogP) is 2.37. The van der Waals surface area contributed by atoms with E-state index in [9.17, 15) is 35.9 Å². The Kier molecular flexibility index (Phi) is 7.20. The molecule has 0 saturated heterocycles. The summed E-state index contributed by atoms with van der Waals surface area (Å²) in [5.41, 5.74) is 0.0864. The Balaban J connectivity index is 4.09. The van der Waals surface area contributed by atoms with Gasteiger partial charge in [-0.2, -0.15) is 22.0 Å². The largest absolute Gasteiger partial charge is 0.460 e. The van der Waals surface area contributed by atoms with Crippen LogP contribution in [0.3, 0.4) is 0 Å². The lowest BCUT2D eigenvalue weighted by atomic mass is 10.2. The molecule has 1 atom stereocenters. The molecule has 0 aromatic heterocycles. The molecule has 0 radical (unpaired) electrons. The molecule has 0 rings (SSSR count). The van der Waals surface area contributed by atoms with Gasteiger partial charge in [0.1, 0.15) is 6.61 Å². The number of alkyl halides is 6. The van der Waals surface area contributed by atoms with Crippen molar-refractivity contribution < 1.29 is 45.4 Å². The van der Waals surface area contributed by atoms with Crippen molar-refractivity contribution in [2.45, 2.75) is 25.2 Å². The van der Waals surface area contributed by atoms with E-state index in [1.165, 1.54) is 6.92 Å². The summed E-state index contributed by atoms with van der Waals surface area (Å²) in [6.07, 6.45) is -11.7. The zero-order valence-electron chi connectivity index (χ0n) is 11.3. The van der Waals surface area contributed by atoms with Crippen LogP contribution < -0.4 is 5.32 Å². The molecule has 128 valence electrons. The van der Waals surface area contributed by atoms with Gasteiger partial charge in [0.2, 0.25) is 0 Å². The van der Waals surface area contributed by atoms with Crippen LogP contribution in [0, 0.1) is 0 Å². The van der Waals surface area contributed by atoms with Gasteiger partial charge in [-0.1, -0.05) is 6.58 Å². The molecule has 0 aliphatic rings. The van der Waals surface area contributed by atoms with Crippen molar-refractivity contribution in [3.8, 4) is 0 Å². The van der Waals surface area contributed by atoms with Crippen molar-refractivity contribution >= 4 is 12.1 Å². The van der Waals surface area contributed by atoms with Gasteiger partial charge in [-0.3, -0.25) is 0 Å². The van der Waals surface area contributed by atoms with E-state index in [-0.39, 0.29) is 18.7 Å². The third-order valence-corrected chi connectivity index (χ3v) is 2.01. The fraction of sp³-hybridized carbons (Fsp3) is 0.636. The van der Waals surface area contributed by atoms with E-state index in [1.54, 1.807) is 0 Å². The monoisotopic (exact) mass is 337 g/mol. The molecular formula is C11H13F6NO4. The standard InChI is InChI=1S/C11H13F6NO4/c1-6(2)7(19)21-4-3-18-9(20)22-5-10(13,14)8(12)11(15,16)17/h8H,1,3-5H2,2H3,(H,18,20). The predicted molar refractivity (Wildman–Crippen MR) is 61.0 cm³/mol. The molecule has 5 nitrogen and oxygen atoms in total. The summed E-state index contributed by atoms with van der Waals surface area (Å²) in [6.45, 7) is 1.85. The van der Waals surface area contributed by atoms with Gasteiger partial charge in [-0.05, 0) is 6.92 Å². The summed E-state index contributed by atoms with van der Waals surface area (Å²) in [6, 6.07) is 0. The number of alkyl carbamates (subject to hydrolysis) is 1. The van der Waals surface area contributed by atoms with E-state index in [2.05, 4.69) is 16.1 Å². The SMILES string of the molecule is C=C(C)C(=O)OCCNC(=O)OCC(F)(F)C(F)C(F)(F)F. The van der Waals surface area contributed by atoms with Gasteiger partial charge in [-0.25, -0.2) is 14.0 Å². The fourth-order valence-electron chi connectivity index (χ4n) is 0.945. The van der Waals surface area contributed by atoms with E-state index < -0.39 is 36.9 Å². The lowest BCUT2D eigenvalue weighted by molar-refractivity contribution is -0.251. The van der Waals surface area contributed by atoms with Crippen LogP contribution in [0.25, 0.3) is 0 Å². The minimum atomic E-state index is -5.78. The first kappa shape index (κ1) is 20.1. The van der Waals surface area contributed by atoms with Gasteiger partial charge in [0.05, 0.1) is 6.54 Å². The highest BCUT2D eigenvalue weighted by molar-refractivity contribution is 5.86. The zero-order valence-corrected chi connectivity index (χ0v) is 11.3. The van der Waals surface area contributed by atoms with E-state index >= 15 is 0 Å². The Bertz CT molecular complexity index is 423. The van der Waals surface area contributed by atoms with Crippen LogP contribution >= 0.6 is 0 Å². The summed E-state index contributed by atoms with van der Waals surface area (Å²) in [5, 5.41) is 1.82. The van der Waals surface area contributed by atoms with Crippen LogP contribution in [0.15, 0.2) is 12.2 Å². The number of esters is 1. The second kappa shape index (κ2) is 7.90. The molecule has 0 aliphatic heterocycles. The van der Waals surface area contributed by atoms with Gasteiger partial charge < -0.3 is 14.8 Å². The van der Waals surface area contributed by atoms with Crippen LogP contribution in [-0.2, 0) is 14.3 Å². The van der Waals surface area contributed by atoms with Gasteiger partial charge >= 0.3 is 24.2 Å². The Morgan fingerprint density at radius 3 is 2.18 bits per heavy atom. The molecule has 0 aliphatic carbocycles. The average Bonchev–Trinajstić information content (AvgIpc) is 2.39. The van der Waals surface area contributed by atoms with Crippen LogP contribution in [-0.4, -0.2) is 50.1 Å². The van der Waals surface area contributed by atoms with Crippen molar-refractivity contribution in [3.05, 3.63) is 12.2 Å². The summed E-state index contributed by atoms with van der Waals surface area (Å²) in [4.78, 5) is 21.8. The zero-order chi connectivity index (χ0) is 17.6. The number of nitrogens with one attached hydrogen (secondary N) is 1. The smallest absolute Gasteiger partial charge is 0.425 e. The van der Waals surface area contributed by atoms with E-state index in [1.807, 2.05) is 5.32 Å². The Hall–Kier alpha value is -1.94. The first-order valence-electron chi connectivity index (χ1n) is 5.69. The lowest BCUT2D eigenvalue weighted by Gasteiger charge is -2.22. The molecule has 0 fully saturated rings. The third-order valence-electron chi connectivity index (χ3n) is 2.01. The molecule has 1 unspecified atom stereocenters. The van der Waals surface area contributed by atoms with Crippen LogP contribution in [0.4, 0.5) is 31.1 Å². The van der Waals surface area contributed by atoms with Gasteiger partial charge in [0.25, 0.3) is 6.17 Å². The normalized spacial score (nSPS) is 13.2. The molecule has 0 spiro atoms. The molecule has 1 amide bonds. The first-order valence-corrected chi connectivity index (χ1v) is 5.69. The van der Waals surface area contributed by atoms with Crippen molar-refractivity contribution in [2.75, 3.05) is 19.8 Å². The molecule has 0 bridgehead atoms. The number of halogens is 6. The topological polar surface area (TPSA) is 64.6 Å². The van der Waals surface area contributed by atoms with E-state index in [0.717, 1.165) is 0 Å². The molecule has 0 aromatic rings. The molecule has 0 saturated carbocycles. The number of amides is 1. The van der Waals surface area contributed by atoms with Gasteiger partial charge in [0, 0.05) is 5.57 Å². The van der Waals surface area contributed by atoms with Crippen molar-refractivity contribution in [2.24, 2.45) is 0 Å². The maximum atomic E-state index is 12.8. The second-order valence-corrected chi connectivity index (χ2v) is 4.08. The quantitative estimate of drug-likeness (QED) is 0.335. The number of carbonyl (C=O) groups excluding carboxylic acids is 2. The molecule has 0 heterocycles. The Labute approximate surface area is 121 Å². The van der Waals surface area contributed by atoms with Crippen molar-refractivity contribution in [1.82, 2.24) is 5.32 Å². The number of rotatable bonds is 7. The second-order valence-electron chi connectivity index (χ2n) is 4.08. The van der Waals surface area contributed by atoms with E-state index in [0.29, 0.717) is 0 Å². The van der Waals surface area contributed by atoms with Gasteiger partial charge in [-0.15, -0.1) is 0 Å². The van der Waals surface area contributed by atoms with E-state index in [4.69, 9.17) is 0 Å². The first-order chi connectivity index (χ1) is 9.88. The number of hydrogen-bond donors (Lipinski definition) is 1. The number of ether oxygens (including phenoxy) is 2. The molecule has 0 aromatic carbocycles. The highest BCUT2D eigenvalue weighted by atomic mass is 19.4. The van der Waals surface area contributed by atoms with Crippen molar-refractivity contribution in [3.63, 3.8) is 0 Å². The van der Waals surface area contributed by atoms with Crippen LogP contribution in [0.1, 0.15) is 6.92 Å². The Morgan fingerprint density at radius 2 is 1.73 bits per heavy atom. The maximum Gasteiger partial charge on any atom is 0.425 e. The number of carbonyl (C=O) groups is 2. The lowest BCUT2D eigenvalue weighted by Crippen LogP contribution is -2.46. The third kappa shape index (κ3) is 7.18. The van der Waals surface area contributed by atoms with Crippen molar-refractivity contribution in [1.29, 1.82) is 0 Å². The maximum absolute atomic E-state index is 12.8. The summed E-state index contributed by atoms with van der Waals surface area (Å²) >= 11 is 0. The van der Waals surface area contributed by atoms with Crippen LogP contribution in [0.5, 0.6) is 0 Å². The molecule has 11 heteroatoms. The molecular weight excluding hydrogens is 324 g/mol. The number of hydrogen-bond acceptors (Lipinski definition) is 4. The average molecular weight is 337 g/mol. The summed E-state index contributed by atoms with van der Waals surface area (Å²) in [5.74, 6) is -5.67. The Morgan fingerprint density at radius 1 is 1.18 bits per heavy atom. The summed E-state index contributed by atoms with van der Waals surface area (Å²) < 4.78 is 81.7. The van der Waals surface area contributed by atoms with Crippen LogP contribution in [0.2, 0.25) is 0 Å². The fourth-order valence-corrected chi connectivity index (χ4v) is 0.945. The minimum absolute atomic E-state index is 0.0864. The summed E-state index contributed by atoms with van der Waals surface area (Å²) in [7, 11) is 0. The highest BCUT2D eigenvalue weighted by Crippen LogP contribution is 2.34.